The predicted molar refractivity (Wildman–Crippen MR) is 116 cm³/mol. The topological polar surface area (TPSA) is 127 Å². The van der Waals surface area contributed by atoms with Gasteiger partial charge in [0.1, 0.15) is 0 Å². The van der Waals surface area contributed by atoms with Crippen LogP contribution in [0.2, 0.25) is 0 Å². The Morgan fingerprint density at radius 2 is 1.32 bits per heavy atom. The molecule has 4 rings (SSSR count). The first kappa shape index (κ1) is 20.3. The van der Waals surface area contributed by atoms with Gasteiger partial charge in [-0.2, -0.15) is 5.10 Å². The summed E-state index contributed by atoms with van der Waals surface area (Å²) in [7, 11) is 0. The van der Waals surface area contributed by atoms with Gasteiger partial charge in [0.25, 0.3) is 11.8 Å². The molecular weight excluding hydrogens is 396 g/mol. The van der Waals surface area contributed by atoms with E-state index in [-0.39, 0.29) is 5.82 Å². The summed E-state index contributed by atoms with van der Waals surface area (Å²) in [4.78, 5) is 24.9. The maximum atomic E-state index is 12.4. The predicted octanol–water partition coefficient (Wildman–Crippen LogP) is 2.91. The lowest BCUT2D eigenvalue weighted by molar-refractivity contribution is -0.124. The number of aromatic amines is 1. The number of carbonyl (C=O) groups excluding carboxylic acids is 2. The molecule has 0 saturated carbocycles. The zero-order valence-electron chi connectivity index (χ0n) is 16.3. The maximum Gasteiger partial charge on any atom is 0.259 e. The highest BCUT2D eigenvalue weighted by Crippen LogP contribution is 2.26. The molecule has 0 saturated heterocycles. The fourth-order valence-corrected chi connectivity index (χ4v) is 3.16. The molecule has 31 heavy (non-hydrogen) atoms. The van der Waals surface area contributed by atoms with Crippen LogP contribution in [-0.4, -0.2) is 32.2 Å². The van der Waals surface area contributed by atoms with Crippen molar-refractivity contribution in [3.8, 4) is 0 Å². The number of aromatic nitrogens is 2. The van der Waals surface area contributed by atoms with Crippen LogP contribution in [0.4, 0.5) is 11.5 Å². The highest BCUT2D eigenvalue weighted by atomic mass is 16.3. The molecule has 4 aromatic rings. The SMILES string of the molecule is O=C(Nc1ccc2[nH]nc(NC(=O)C(O)c3ccccc3)c2c1)C(O)c1ccccc1. The third-order valence-electron chi connectivity index (χ3n) is 4.80. The molecule has 1 heterocycles. The Morgan fingerprint density at radius 1 is 0.774 bits per heavy atom. The highest BCUT2D eigenvalue weighted by Gasteiger charge is 2.20. The van der Waals surface area contributed by atoms with E-state index in [1.165, 1.54) is 0 Å². The molecule has 0 bridgehead atoms. The van der Waals surface area contributed by atoms with Crippen molar-refractivity contribution in [2.24, 2.45) is 0 Å². The van der Waals surface area contributed by atoms with Gasteiger partial charge in [0.15, 0.2) is 18.0 Å². The van der Waals surface area contributed by atoms with E-state index >= 15 is 0 Å². The second-order valence-corrected chi connectivity index (χ2v) is 6.94. The van der Waals surface area contributed by atoms with Gasteiger partial charge in [-0.15, -0.1) is 0 Å². The second-order valence-electron chi connectivity index (χ2n) is 6.94. The number of amides is 2. The maximum absolute atomic E-state index is 12.4. The van der Waals surface area contributed by atoms with Gasteiger partial charge in [-0.1, -0.05) is 60.7 Å². The van der Waals surface area contributed by atoms with E-state index < -0.39 is 24.0 Å². The zero-order valence-corrected chi connectivity index (χ0v) is 16.3. The standard InChI is InChI=1S/C23H20N4O4/c28-19(14-7-3-1-4-8-14)22(30)24-16-11-12-18-17(13-16)21(27-26-18)25-23(31)20(29)15-9-5-2-6-10-15/h1-13,19-20,28-29H,(H,24,30)(H2,25,26,27,31). The summed E-state index contributed by atoms with van der Waals surface area (Å²) < 4.78 is 0. The summed E-state index contributed by atoms with van der Waals surface area (Å²) in [5.74, 6) is -0.998. The number of rotatable bonds is 6. The molecular formula is C23H20N4O4. The van der Waals surface area contributed by atoms with Gasteiger partial charge >= 0.3 is 0 Å². The fourth-order valence-electron chi connectivity index (χ4n) is 3.16. The van der Waals surface area contributed by atoms with Crippen molar-refractivity contribution in [3.63, 3.8) is 0 Å². The number of benzene rings is 3. The molecule has 5 N–H and O–H groups in total. The van der Waals surface area contributed by atoms with E-state index in [0.29, 0.717) is 27.7 Å². The van der Waals surface area contributed by atoms with Crippen molar-refractivity contribution in [3.05, 3.63) is 90.0 Å². The minimum absolute atomic E-state index is 0.217. The summed E-state index contributed by atoms with van der Waals surface area (Å²) in [6.07, 6.45) is -2.67. The van der Waals surface area contributed by atoms with Gasteiger partial charge in [-0.05, 0) is 29.3 Å². The molecule has 2 amide bonds. The number of aliphatic hydroxyl groups is 2. The molecule has 0 aliphatic carbocycles. The van der Waals surface area contributed by atoms with Crippen molar-refractivity contribution in [2.45, 2.75) is 12.2 Å². The van der Waals surface area contributed by atoms with Crippen LogP contribution in [0.5, 0.6) is 0 Å². The molecule has 8 nitrogen and oxygen atoms in total. The third-order valence-corrected chi connectivity index (χ3v) is 4.80. The smallest absolute Gasteiger partial charge is 0.259 e. The number of nitrogens with one attached hydrogen (secondary N) is 3. The molecule has 156 valence electrons. The lowest BCUT2D eigenvalue weighted by Crippen LogP contribution is -2.21. The van der Waals surface area contributed by atoms with Gasteiger partial charge in [0.2, 0.25) is 0 Å². The summed E-state index contributed by atoms with van der Waals surface area (Å²) >= 11 is 0. The number of nitrogens with zero attached hydrogens (tertiary/aromatic N) is 1. The van der Waals surface area contributed by atoms with Crippen molar-refractivity contribution >= 4 is 34.2 Å². The largest absolute Gasteiger partial charge is 0.378 e. The van der Waals surface area contributed by atoms with Crippen LogP contribution in [0.3, 0.4) is 0 Å². The number of hydrogen-bond acceptors (Lipinski definition) is 5. The lowest BCUT2D eigenvalue weighted by atomic mass is 10.1. The van der Waals surface area contributed by atoms with Gasteiger partial charge in [0, 0.05) is 11.1 Å². The Kier molecular flexibility index (Phi) is 5.74. The van der Waals surface area contributed by atoms with Crippen molar-refractivity contribution in [1.29, 1.82) is 0 Å². The normalized spacial score (nSPS) is 12.8. The average Bonchev–Trinajstić information content (AvgIpc) is 3.21. The quantitative estimate of drug-likeness (QED) is 0.330. The Balaban J connectivity index is 1.51. The molecule has 3 aromatic carbocycles. The van der Waals surface area contributed by atoms with E-state index in [2.05, 4.69) is 20.8 Å². The van der Waals surface area contributed by atoms with Crippen molar-refractivity contribution in [2.75, 3.05) is 10.6 Å². The van der Waals surface area contributed by atoms with E-state index in [0.717, 1.165) is 0 Å². The van der Waals surface area contributed by atoms with Crippen molar-refractivity contribution < 1.29 is 19.8 Å². The van der Waals surface area contributed by atoms with Crippen LogP contribution >= 0.6 is 0 Å². The van der Waals surface area contributed by atoms with Crippen LogP contribution < -0.4 is 10.6 Å². The third kappa shape index (κ3) is 4.45. The molecule has 0 fully saturated rings. The summed E-state index contributed by atoms with van der Waals surface area (Å²) in [5, 5.41) is 33.2. The van der Waals surface area contributed by atoms with Crippen molar-refractivity contribution in [1.82, 2.24) is 10.2 Å². The first-order chi connectivity index (χ1) is 15.0. The van der Waals surface area contributed by atoms with E-state index in [9.17, 15) is 19.8 Å². The number of anilines is 2. The fraction of sp³-hybridized carbons (Fsp3) is 0.0870. The average molecular weight is 416 g/mol. The number of hydrogen-bond donors (Lipinski definition) is 5. The molecule has 0 spiro atoms. The number of fused-ring (bicyclic) bond motifs is 1. The Bertz CT molecular complexity index is 1210. The van der Waals surface area contributed by atoms with E-state index in [1.54, 1.807) is 78.9 Å². The Hall–Kier alpha value is -4.01. The lowest BCUT2D eigenvalue weighted by Gasteiger charge is -2.12. The molecule has 0 aliphatic heterocycles. The highest BCUT2D eigenvalue weighted by molar-refractivity contribution is 6.03. The van der Waals surface area contributed by atoms with Crippen LogP contribution in [0, 0.1) is 0 Å². The monoisotopic (exact) mass is 416 g/mol. The molecule has 8 heteroatoms. The Morgan fingerprint density at radius 3 is 1.90 bits per heavy atom. The minimum Gasteiger partial charge on any atom is -0.378 e. The molecule has 2 atom stereocenters. The summed E-state index contributed by atoms with van der Waals surface area (Å²) in [6.45, 7) is 0. The van der Waals surface area contributed by atoms with Gasteiger partial charge in [-0.3, -0.25) is 14.7 Å². The summed E-state index contributed by atoms with van der Waals surface area (Å²) in [6, 6.07) is 22.1. The molecule has 1 aromatic heterocycles. The first-order valence-corrected chi connectivity index (χ1v) is 9.59. The van der Waals surface area contributed by atoms with E-state index in [4.69, 9.17) is 0 Å². The number of H-pyrrole nitrogens is 1. The minimum atomic E-state index is -1.35. The van der Waals surface area contributed by atoms with Gasteiger partial charge < -0.3 is 20.8 Å². The van der Waals surface area contributed by atoms with Crippen LogP contribution in [-0.2, 0) is 9.59 Å². The summed E-state index contributed by atoms with van der Waals surface area (Å²) in [5.41, 5.74) is 1.99. The zero-order chi connectivity index (χ0) is 21.8. The van der Waals surface area contributed by atoms with Gasteiger partial charge in [-0.25, -0.2) is 0 Å². The van der Waals surface area contributed by atoms with Crippen LogP contribution in [0.15, 0.2) is 78.9 Å². The first-order valence-electron chi connectivity index (χ1n) is 9.59. The van der Waals surface area contributed by atoms with Gasteiger partial charge in [0.05, 0.1) is 5.52 Å². The van der Waals surface area contributed by atoms with Crippen LogP contribution in [0.1, 0.15) is 23.3 Å². The molecule has 2 unspecified atom stereocenters. The Labute approximate surface area is 177 Å². The number of aliphatic hydroxyl groups excluding tert-OH is 2. The molecule has 0 radical (unpaired) electrons. The molecule has 0 aliphatic rings. The van der Waals surface area contributed by atoms with Crippen LogP contribution in [0.25, 0.3) is 10.9 Å². The second kappa shape index (κ2) is 8.78. The number of carbonyl (C=O) groups is 2. The van der Waals surface area contributed by atoms with E-state index in [1.807, 2.05) is 0 Å².